The van der Waals surface area contributed by atoms with Crippen LogP contribution in [0.5, 0.6) is 23.0 Å². The molecule has 1 fully saturated rings. The van der Waals surface area contributed by atoms with Gasteiger partial charge in [-0.05, 0) is 67.2 Å². The third-order valence-corrected chi connectivity index (χ3v) is 5.70. The zero-order valence-electron chi connectivity index (χ0n) is 18.9. The fourth-order valence-corrected chi connectivity index (χ4v) is 3.64. The Labute approximate surface area is 184 Å². The summed E-state index contributed by atoms with van der Waals surface area (Å²) in [6, 6.07) is 11.7. The molecule has 3 rings (SSSR count). The van der Waals surface area contributed by atoms with Crippen LogP contribution >= 0.6 is 0 Å². The minimum Gasteiger partial charge on any atom is -0.497 e. The van der Waals surface area contributed by atoms with Crippen molar-refractivity contribution in [2.24, 2.45) is 5.92 Å². The van der Waals surface area contributed by atoms with E-state index in [4.69, 9.17) is 18.9 Å². The number of benzene rings is 2. The average Bonchev–Trinajstić information content (AvgIpc) is 3.65. The number of amides is 1. The zero-order chi connectivity index (χ0) is 22.4. The number of carbonyl (C=O) groups excluding carboxylic acids is 1. The quantitative estimate of drug-likeness (QED) is 0.522. The van der Waals surface area contributed by atoms with Crippen molar-refractivity contribution >= 4 is 12.0 Å². The molecule has 1 saturated carbocycles. The summed E-state index contributed by atoms with van der Waals surface area (Å²) < 4.78 is 21.4. The van der Waals surface area contributed by atoms with Crippen LogP contribution < -0.4 is 18.9 Å². The Hall–Kier alpha value is -3.15. The molecule has 1 amide bonds. The summed E-state index contributed by atoms with van der Waals surface area (Å²) in [7, 11) is 6.36. The van der Waals surface area contributed by atoms with Gasteiger partial charge in [0.1, 0.15) is 5.75 Å². The van der Waals surface area contributed by atoms with Crippen LogP contribution in [0.15, 0.2) is 42.5 Å². The first-order valence-corrected chi connectivity index (χ1v) is 10.4. The summed E-state index contributed by atoms with van der Waals surface area (Å²) in [4.78, 5) is 15.1. The van der Waals surface area contributed by atoms with Crippen molar-refractivity contribution in [1.82, 2.24) is 4.90 Å². The lowest BCUT2D eigenvalue weighted by atomic mass is 10.1. The van der Waals surface area contributed by atoms with Crippen molar-refractivity contribution in [3.05, 3.63) is 53.6 Å². The van der Waals surface area contributed by atoms with E-state index in [0.717, 1.165) is 16.9 Å². The highest BCUT2D eigenvalue weighted by Crippen LogP contribution is 2.39. The molecule has 6 nitrogen and oxygen atoms in total. The highest BCUT2D eigenvalue weighted by atomic mass is 16.5. The van der Waals surface area contributed by atoms with Crippen LogP contribution in [0.3, 0.4) is 0 Å². The molecule has 2 aromatic rings. The van der Waals surface area contributed by atoms with Crippen molar-refractivity contribution in [3.8, 4) is 23.0 Å². The molecule has 1 unspecified atom stereocenters. The maximum absolute atomic E-state index is 13.2. The van der Waals surface area contributed by atoms with Crippen molar-refractivity contribution in [3.63, 3.8) is 0 Å². The molecule has 0 aliphatic heterocycles. The first-order chi connectivity index (χ1) is 15.0. The molecule has 6 heteroatoms. The smallest absolute Gasteiger partial charge is 0.247 e. The molecule has 0 N–H and O–H groups in total. The standard InChI is InChI=1S/C25H31NO5/c1-17(20-9-10-20)26(16-18-6-11-21(28-2)12-7-18)24(27)13-8-19-14-22(29-3)25(31-5)23(15-19)30-4/h6-8,11-15,17,20H,9-10,16H2,1-5H3/b13-8+. The van der Waals surface area contributed by atoms with Gasteiger partial charge in [-0.3, -0.25) is 4.79 Å². The molecule has 1 atom stereocenters. The Balaban J connectivity index is 1.81. The maximum Gasteiger partial charge on any atom is 0.247 e. The Bertz CT molecular complexity index is 893. The van der Waals surface area contributed by atoms with Crippen LogP contribution in [-0.2, 0) is 11.3 Å². The number of carbonyl (C=O) groups is 1. The van der Waals surface area contributed by atoms with E-state index in [1.807, 2.05) is 41.3 Å². The molecule has 0 aromatic heterocycles. The van der Waals surface area contributed by atoms with Crippen LogP contribution in [0.1, 0.15) is 30.9 Å². The van der Waals surface area contributed by atoms with Crippen molar-refractivity contribution in [2.45, 2.75) is 32.4 Å². The minimum atomic E-state index is -0.0241. The van der Waals surface area contributed by atoms with Gasteiger partial charge in [-0.2, -0.15) is 0 Å². The highest BCUT2D eigenvalue weighted by Gasteiger charge is 2.33. The number of hydrogen-bond acceptors (Lipinski definition) is 5. The summed E-state index contributed by atoms with van der Waals surface area (Å²) >= 11 is 0. The second-order valence-corrected chi connectivity index (χ2v) is 7.68. The van der Waals surface area contributed by atoms with Gasteiger partial charge < -0.3 is 23.8 Å². The Morgan fingerprint density at radius 1 is 1.00 bits per heavy atom. The maximum atomic E-state index is 13.2. The van der Waals surface area contributed by atoms with Crippen molar-refractivity contribution < 1.29 is 23.7 Å². The molecule has 0 radical (unpaired) electrons. The predicted molar refractivity (Wildman–Crippen MR) is 121 cm³/mol. The van der Waals surface area contributed by atoms with Gasteiger partial charge in [0, 0.05) is 18.7 Å². The third kappa shape index (κ3) is 5.51. The molecule has 2 aromatic carbocycles. The summed E-state index contributed by atoms with van der Waals surface area (Å²) in [5.74, 6) is 2.97. The van der Waals surface area contributed by atoms with Crippen LogP contribution in [-0.4, -0.2) is 45.3 Å². The normalized spacial score (nSPS) is 14.2. The number of methoxy groups -OCH3 is 4. The number of nitrogens with zero attached hydrogens (tertiary/aromatic N) is 1. The van der Waals surface area contributed by atoms with E-state index in [-0.39, 0.29) is 11.9 Å². The van der Waals surface area contributed by atoms with Crippen LogP contribution in [0.2, 0.25) is 0 Å². The van der Waals surface area contributed by atoms with Crippen LogP contribution in [0.4, 0.5) is 0 Å². The highest BCUT2D eigenvalue weighted by molar-refractivity contribution is 5.92. The molecule has 1 aliphatic carbocycles. The van der Waals surface area contributed by atoms with Crippen molar-refractivity contribution in [1.29, 1.82) is 0 Å². The molecule has 0 saturated heterocycles. The van der Waals surface area contributed by atoms with Gasteiger partial charge in [-0.1, -0.05) is 12.1 Å². The largest absolute Gasteiger partial charge is 0.497 e. The van der Waals surface area contributed by atoms with Gasteiger partial charge >= 0.3 is 0 Å². The second kappa shape index (κ2) is 10.2. The lowest BCUT2D eigenvalue weighted by Crippen LogP contribution is -2.38. The molecule has 0 spiro atoms. The van der Waals surface area contributed by atoms with E-state index in [1.54, 1.807) is 40.6 Å². The van der Waals surface area contributed by atoms with E-state index < -0.39 is 0 Å². The van der Waals surface area contributed by atoms with Crippen LogP contribution in [0, 0.1) is 5.92 Å². The molecule has 166 valence electrons. The average molecular weight is 426 g/mol. The number of rotatable bonds is 10. The SMILES string of the molecule is COc1ccc(CN(C(=O)/C=C/c2cc(OC)c(OC)c(OC)c2)C(C)C2CC2)cc1. The lowest BCUT2D eigenvalue weighted by molar-refractivity contribution is -0.129. The van der Waals surface area contributed by atoms with Gasteiger partial charge in [-0.25, -0.2) is 0 Å². The van der Waals surface area contributed by atoms with Crippen LogP contribution in [0.25, 0.3) is 6.08 Å². The predicted octanol–water partition coefficient (Wildman–Crippen LogP) is 4.56. The summed E-state index contributed by atoms with van der Waals surface area (Å²) in [5, 5.41) is 0. The molecular formula is C25H31NO5. The Kier molecular flexibility index (Phi) is 7.45. The lowest BCUT2D eigenvalue weighted by Gasteiger charge is -2.28. The summed E-state index contributed by atoms with van der Waals surface area (Å²) in [5.41, 5.74) is 1.87. The first kappa shape index (κ1) is 22.5. The minimum absolute atomic E-state index is 0.0241. The fourth-order valence-electron chi connectivity index (χ4n) is 3.64. The molecular weight excluding hydrogens is 394 g/mol. The third-order valence-electron chi connectivity index (χ3n) is 5.70. The fraction of sp³-hybridized carbons (Fsp3) is 0.400. The van der Waals surface area contributed by atoms with E-state index in [0.29, 0.717) is 29.7 Å². The Morgan fingerprint density at radius 2 is 1.61 bits per heavy atom. The number of hydrogen-bond donors (Lipinski definition) is 0. The summed E-state index contributed by atoms with van der Waals surface area (Å²) in [6.45, 7) is 2.69. The molecule has 1 aliphatic rings. The topological polar surface area (TPSA) is 57.2 Å². The second-order valence-electron chi connectivity index (χ2n) is 7.68. The van der Waals surface area contributed by atoms with Gasteiger partial charge in [0.2, 0.25) is 11.7 Å². The van der Waals surface area contributed by atoms with E-state index in [9.17, 15) is 4.79 Å². The van der Waals surface area contributed by atoms with Gasteiger partial charge in [-0.15, -0.1) is 0 Å². The number of ether oxygens (including phenoxy) is 4. The van der Waals surface area contributed by atoms with Gasteiger partial charge in [0.05, 0.1) is 28.4 Å². The van der Waals surface area contributed by atoms with E-state index in [1.165, 1.54) is 12.8 Å². The van der Waals surface area contributed by atoms with Gasteiger partial charge in [0.15, 0.2) is 11.5 Å². The molecule has 31 heavy (non-hydrogen) atoms. The van der Waals surface area contributed by atoms with E-state index in [2.05, 4.69) is 6.92 Å². The first-order valence-electron chi connectivity index (χ1n) is 10.4. The van der Waals surface area contributed by atoms with Crippen molar-refractivity contribution in [2.75, 3.05) is 28.4 Å². The Morgan fingerprint density at radius 3 is 2.10 bits per heavy atom. The monoisotopic (exact) mass is 425 g/mol. The van der Waals surface area contributed by atoms with E-state index >= 15 is 0 Å². The summed E-state index contributed by atoms with van der Waals surface area (Å²) in [6.07, 6.45) is 5.74. The zero-order valence-corrected chi connectivity index (χ0v) is 18.9. The van der Waals surface area contributed by atoms with Gasteiger partial charge in [0.25, 0.3) is 0 Å². The molecule has 0 heterocycles. The molecule has 0 bridgehead atoms.